The van der Waals surface area contributed by atoms with Crippen LogP contribution in [0.3, 0.4) is 0 Å². The molecule has 3 aromatic rings. The number of ether oxygens (including phenoxy) is 1. The van der Waals surface area contributed by atoms with Gasteiger partial charge in [-0.2, -0.15) is 4.98 Å². The molecule has 4 rings (SSSR count). The van der Waals surface area contributed by atoms with Gasteiger partial charge in [0.1, 0.15) is 17.4 Å². The Kier molecular flexibility index (Phi) is 7.25. The highest BCUT2D eigenvalue weighted by molar-refractivity contribution is 6.33. The second kappa shape index (κ2) is 9.97. The highest BCUT2D eigenvalue weighted by Gasteiger charge is 2.47. The van der Waals surface area contributed by atoms with E-state index in [0.29, 0.717) is 28.3 Å². The molecule has 6 nitrogen and oxygen atoms in total. The van der Waals surface area contributed by atoms with Crippen molar-refractivity contribution in [3.05, 3.63) is 63.5 Å². The van der Waals surface area contributed by atoms with Gasteiger partial charge in [0.15, 0.2) is 5.82 Å². The van der Waals surface area contributed by atoms with E-state index in [0.717, 1.165) is 12.7 Å². The zero-order valence-electron chi connectivity index (χ0n) is 21.3. The van der Waals surface area contributed by atoms with Crippen LogP contribution < -0.4 is 10.4 Å². The van der Waals surface area contributed by atoms with Crippen molar-refractivity contribution in [2.24, 2.45) is 10.8 Å². The van der Waals surface area contributed by atoms with Gasteiger partial charge in [0.2, 0.25) is 0 Å². The third kappa shape index (κ3) is 6.24. The highest BCUT2D eigenvalue weighted by atomic mass is 35.5. The summed E-state index contributed by atoms with van der Waals surface area (Å²) in [7, 11) is 0. The van der Waals surface area contributed by atoms with E-state index in [2.05, 4.69) is 21.9 Å². The van der Waals surface area contributed by atoms with Crippen molar-refractivity contribution < 1.29 is 18.3 Å². The number of halogens is 3. The van der Waals surface area contributed by atoms with Crippen LogP contribution in [0, 0.1) is 10.8 Å². The molecule has 0 bridgehead atoms. The topological polar surface area (TPSA) is 84.9 Å². The number of aromatic amines is 1. The van der Waals surface area contributed by atoms with E-state index >= 15 is 0 Å². The summed E-state index contributed by atoms with van der Waals surface area (Å²) in [5.74, 6) is -2.49. The summed E-state index contributed by atoms with van der Waals surface area (Å²) in [5.41, 5.74) is -0.309. The third-order valence-corrected chi connectivity index (χ3v) is 7.50. The molecular weight excluding hydrogens is 500 g/mol. The smallest absolute Gasteiger partial charge is 0.348 e. The molecule has 0 saturated heterocycles. The average molecular weight is 530 g/mol. The van der Waals surface area contributed by atoms with E-state index in [4.69, 9.17) is 16.3 Å². The molecule has 1 heterocycles. The van der Waals surface area contributed by atoms with E-state index in [1.807, 2.05) is 12.1 Å². The molecule has 0 radical (unpaired) electrons. The molecular formula is C28H30ClF2N3O3. The summed E-state index contributed by atoms with van der Waals surface area (Å²) in [6.07, 6.45) is 2.52. The van der Waals surface area contributed by atoms with Gasteiger partial charge >= 0.3 is 5.69 Å². The van der Waals surface area contributed by atoms with Crippen molar-refractivity contribution in [3.8, 4) is 28.5 Å². The standard InChI is InChI=1S/C28H30ClF2N3O3/c1-26(2,28(4,30)31)22(35)12-6-17-5-11-21(29)20(15-17)24-32-23(33-25(36)34-24)18-7-9-19(10-8-18)37-16-27(3)13-14-27/h5,7-11,15H,6,12-14,16H2,1-4H3,(H,32,33,34,36). The summed E-state index contributed by atoms with van der Waals surface area (Å²) in [6, 6.07) is 12.3. The minimum Gasteiger partial charge on any atom is -0.493 e. The van der Waals surface area contributed by atoms with Crippen LogP contribution in [0.4, 0.5) is 8.78 Å². The minimum atomic E-state index is -3.13. The Bertz CT molecular complexity index is 1360. The first-order valence-corrected chi connectivity index (χ1v) is 12.6. The van der Waals surface area contributed by atoms with Crippen molar-refractivity contribution in [1.82, 2.24) is 15.0 Å². The number of aryl methyl sites for hydroxylation is 1. The minimum absolute atomic E-state index is 0.0589. The number of ketones is 1. The van der Waals surface area contributed by atoms with E-state index < -0.39 is 22.8 Å². The zero-order chi connectivity index (χ0) is 27.0. The first kappa shape index (κ1) is 26.9. The van der Waals surface area contributed by atoms with Gasteiger partial charge in [-0.25, -0.2) is 18.6 Å². The fraction of sp³-hybridized carbons (Fsp3) is 0.429. The SMILES string of the molecule is CC1(COc2ccc(-c3nc(-c4cc(CCC(=O)C(C)(C)C(C)(F)F)ccc4Cl)[nH]c(=O)n3)cc2)CC1. The van der Waals surface area contributed by atoms with Crippen molar-refractivity contribution in [2.75, 3.05) is 6.61 Å². The molecule has 0 unspecified atom stereocenters. The Labute approximate surface area is 219 Å². The Morgan fingerprint density at radius 3 is 2.41 bits per heavy atom. The maximum Gasteiger partial charge on any atom is 0.348 e. The van der Waals surface area contributed by atoms with Crippen LogP contribution in [0.25, 0.3) is 22.8 Å². The van der Waals surface area contributed by atoms with Crippen LogP contribution in [-0.2, 0) is 11.2 Å². The quantitative estimate of drug-likeness (QED) is 0.323. The lowest BCUT2D eigenvalue weighted by Crippen LogP contribution is -2.40. The molecule has 0 atom stereocenters. The number of aromatic nitrogens is 3. The lowest BCUT2D eigenvalue weighted by Gasteiger charge is -2.29. The van der Waals surface area contributed by atoms with Gasteiger partial charge in [-0.05, 0) is 75.1 Å². The maximum atomic E-state index is 13.8. The Morgan fingerprint density at radius 1 is 1.11 bits per heavy atom. The summed E-state index contributed by atoms with van der Waals surface area (Å²) in [4.78, 5) is 36.0. The molecule has 1 N–H and O–H groups in total. The number of hydrogen-bond donors (Lipinski definition) is 1. The van der Waals surface area contributed by atoms with Crippen molar-refractivity contribution in [3.63, 3.8) is 0 Å². The molecule has 9 heteroatoms. The predicted octanol–water partition coefficient (Wildman–Crippen LogP) is 6.51. The molecule has 1 aliphatic rings. The molecule has 0 amide bonds. The molecule has 2 aromatic carbocycles. The first-order valence-electron chi connectivity index (χ1n) is 12.2. The number of carbonyl (C=O) groups excluding carboxylic acids is 1. The number of alkyl halides is 2. The van der Waals surface area contributed by atoms with Crippen LogP contribution in [0.2, 0.25) is 5.02 Å². The number of carbonyl (C=O) groups is 1. The van der Waals surface area contributed by atoms with Crippen LogP contribution >= 0.6 is 11.6 Å². The molecule has 1 aromatic heterocycles. The van der Waals surface area contributed by atoms with E-state index in [1.54, 1.807) is 30.3 Å². The van der Waals surface area contributed by atoms with Gasteiger partial charge < -0.3 is 4.74 Å². The van der Waals surface area contributed by atoms with Crippen molar-refractivity contribution >= 4 is 17.4 Å². The van der Waals surface area contributed by atoms with Crippen molar-refractivity contribution in [1.29, 1.82) is 0 Å². The molecule has 0 spiro atoms. The molecule has 1 fully saturated rings. The van der Waals surface area contributed by atoms with Crippen LogP contribution in [0.15, 0.2) is 47.3 Å². The third-order valence-electron chi connectivity index (χ3n) is 7.18. The number of H-pyrrole nitrogens is 1. The van der Waals surface area contributed by atoms with Gasteiger partial charge in [-0.1, -0.05) is 24.6 Å². The number of Topliss-reactive ketones (excluding diaryl/α,β-unsaturated/α-hetero) is 1. The number of benzene rings is 2. The summed E-state index contributed by atoms with van der Waals surface area (Å²) >= 11 is 6.41. The average Bonchev–Trinajstić information content (AvgIpc) is 3.58. The van der Waals surface area contributed by atoms with Crippen LogP contribution in [0.5, 0.6) is 5.75 Å². The van der Waals surface area contributed by atoms with Gasteiger partial charge in [-0.3, -0.25) is 9.78 Å². The maximum absolute atomic E-state index is 13.8. The Balaban J connectivity index is 1.54. The second-order valence-electron chi connectivity index (χ2n) is 10.7. The normalized spacial score (nSPS) is 14.9. The number of hydrogen-bond acceptors (Lipinski definition) is 5. The number of nitrogens with one attached hydrogen (secondary N) is 1. The molecule has 1 aliphatic carbocycles. The molecule has 1 saturated carbocycles. The first-order chi connectivity index (χ1) is 17.3. The largest absolute Gasteiger partial charge is 0.493 e. The number of rotatable bonds is 10. The lowest BCUT2D eigenvalue weighted by molar-refractivity contribution is -0.149. The summed E-state index contributed by atoms with van der Waals surface area (Å²) < 4.78 is 33.6. The van der Waals surface area contributed by atoms with Gasteiger partial charge in [0.05, 0.1) is 17.0 Å². The monoisotopic (exact) mass is 529 g/mol. The zero-order valence-corrected chi connectivity index (χ0v) is 22.1. The lowest BCUT2D eigenvalue weighted by atomic mass is 9.80. The van der Waals surface area contributed by atoms with E-state index in [9.17, 15) is 18.4 Å². The fourth-order valence-electron chi connectivity index (χ4n) is 3.68. The second-order valence-corrected chi connectivity index (χ2v) is 11.1. The van der Waals surface area contributed by atoms with E-state index in [-0.39, 0.29) is 29.9 Å². The molecule has 0 aliphatic heterocycles. The van der Waals surface area contributed by atoms with Crippen molar-refractivity contribution in [2.45, 2.75) is 59.3 Å². The fourth-order valence-corrected chi connectivity index (χ4v) is 3.89. The Hall–Kier alpha value is -3.13. The van der Waals surface area contributed by atoms with Gasteiger partial charge in [0.25, 0.3) is 5.92 Å². The highest BCUT2D eigenvalue weighted by Crippen LogP contribution is 2.45. The summed E-state index contributed by atoms with van der Waals surface area (Å²) in [5, 5.41) is 0.341. The van der Waals surface area contributed by atoms with Gasteiger partial charge in [0, 0.05) is 29.9 Å². The molecule has 37 heavy (non-hydrogen) atoms. The van der Waals surface area contributed by atoms with Crippen LogP contribution in [-0.4, -0.2) is 33.3 Å². The van der Waals surface area contributed by atoms with E-state index in [1.165, 1.54) is 26.7 Å². The number of nitrogens with zero attached hydrogens (tertiary/aromatic N) is 2. The summed E-state index contributed by atoms with van der Waals surface area (Å²) in [6.45, 7) is 6.11. The van der Waals surface area contributed by atoms with Gasteiger partial charge in [-0.15, -0.1) is 0 Å². The Morgan fingerprint density at radius 2 is 1.78 bits per heavy atom. The predicted molar refractivity (Wildman–Crippen MR) is 139 cm³/mol. The van der Waals surface area contributed by atoms with Crippen LogP contribution in [0.1, 0.15) is 52.5 Å². The molecule has 196 valence electrons.